The van der Waals surface area contributed by atoms with Crippen molar-refractivity contribution >= 4 is 5.69 Å². The van der Waals surface area contributed by atoms with E-state index < -0.39 is 0 Å². The maximum Gasteiger partial charge on any atom is 0.0432 e. The number of hydrogen-bond acceptors (Lipinski definition) is 2. The molecular formula is C19H24N2. The Morgan fingerprint density at radius 3 is 2.10 bits per heavy atom. The minimum absolute atomic E-state index is 0.612. The summed E-state index contributed by atoms with van der Waals surface area (Å²) in [7, 11) is 0. The predicted molar refractivity (Wildman–Crippen MR) is 89.5 cm³/mol. The summed E-state index contributed by atoms with van der Waals surface area (Å²) < 4.78 is 0. The molecule has 2 N–H and O–H groups in total. The first-order valence-electron chi connectivity index (χ1n) is 7.78. The molecule has 3 rings (SSSR count). The van der Waals surface area contributed by atoms with Crippen molar-refractivity contribution in [3.05, 3.63) is 64.7 Å². The third-order valence-electron chi connectivity index (χ3n) is 4.13. The molecule has 2 heteroatoms. The molecule has 1 saturated carbocycles. The van der Waals surface area contributed by atoms with E-state index in [0.29, 0.717) is 12.6 Å². The van der Waals surface area contributed by atoms with Crippen LogP contribution >= 0.6 is 0 Å². The maximum atomic E-state index is 5.69. The third kappa shape index (κ3) is 3.45. The molecular weight excluding hydrogens is 256 g/mol. The Kier molecular flexibility index (Phi) is 3.98. The number of hydrogen-bond donors (Lipinski definition) is 1. The van der Waals surface area contributed by atoms with E-state index in [-0.39, 0.29) is 0 Å². The van der Waals surface area contributed by atoms with Gasteiger partial charge < -0.3 is 10.6 Å². The van der Waals surface area contributed by atoms with Gasteiger partial charge in [0.2, 0.25) is 0 Å². The van der Waals surface area contributed by atoms with Gasteiger partial charge >= 0.3 is 0 Å². The van der Waals surface area contributed by atoms with Crippen molar-refractivity contribution in [3.63, 3.8) is 0 Å². The molecule has 0 saturated heterocycles. The minimum atomic E-state index is 0.612. The molecule has 0 radical (unpaired) electrons. The molecule has 0 amide bonds. The van der Waals surface area contributed by atoms with Crippen LogP contribution in [0.1, 0.15) is 35.1 Å². The largest absolute Gasteiger partial charge is 0.364 e. The minimum Gasteiger partial charge on any atom is -0.364 e. The van der Waals surface area contributed by atoms with Crippen LogP contribution < -0.4 is 10.6 Å². The second-order valence-electron chi connectivity index (χ2n) is 6.23. The second kappa shape index (κ2) is 5.90. The first-order valence-corrected chi connectivity index (χ1v) is 7.78. The van der Waals surface area contributed by atoms with Gasteiger partial charge in [-0.1, -0.05) is 41.5 Å². The van der Waals surface area contributed by atoms with Crippen molar-refractivity contribution in [2.24, 2.45) is 5.73 Å². The first kappa shape index (κ1) is 14.2. The second-order valence-corrected chi connectivity index (χ2v) is 6.23. The summed E-state index contributed by atoms with van der Waals surface area (Å²) in [6, 6.07) is 16.3. The lowest BCUT2D eigenvalue weighted by molar-refractivity contribution is 0.793. The van der Waals surface area contributed by atoms with E-state index >= 15 is 0 Å². The smallest absolute Gasteiger partial charge is 0.0432 e. The first-order chi connectivity index (χ1) is 10.2. The Labute approximate surface area is 127 Å². The molecule has 2 nitrogen and oxygen atoms in total. The van der Waals surface area contributed by atoms with Crippen molar-refractivity contribution < 1.29 is 0 Å². The number of nitrogens with two attached hydrogens (primary N) is 1. The summed E-state index contributed by atoms with van der Waals surface area (Å²) in [5, 5.41) is 0. The predicted octanol–water partition coefficient (Wildman–Crippen LogP) is 3.93. The molecule has 0 aromatic heterocycles. The highest BCUT2D eigenvalue weighted by molar-refractivity contribution is 5.50. The molecule has 0 unspecified atom stereocenters. The van der Waals surface area contributed by atoms with Crippen molar-refractivity contribution in [3.8, 4) is 0 Å². The molecule has 0 heterocycles. The fourth-order valence-corrected chi connectivity index (χ4v) is 3.00. The number of rotatable bonds is 5. The number of anilines is 1. The van der Waals surface area contributed by atoms with E-state index in [0.717, 1.165) is 6.54 Å². The van der Waals surface area contributed by atoms with Crippen LogP contribution in [-0.2, 0) is 13.1 Å². The van der Waals surface area contributed by atoms with Gasteiger partial charge in [0.05, 0.1) is 0 Å². The van der Waals surface area contributed by atoms with Gasteiger partial charge in [-0.25, -0.2) is 0 Å². The van der Waals surface area contributed by atoms with Crippen LogP contribution in [0.25, 0.3) is 0 Å². The molecule has 1 fully saturated rings. The van der Waals surface area contributed by atoms with Crippen LogP contribution in [0.2, 0.25) is 0 Å². The molecule has 0 atom stereocenters. The zero-order valence-corrected chi connectivity index (χ0v) is 13.0. The highest BCUT2D eigenvalue weighted by Gasteiger charge is 2.29. The number of benzene rings is 2. The Balaban J connectivity index is 1.84. The Morgan fingerprint density at radius 2 is 1.57 bits per heavy atom. The summed E-state index contributed by atoms with van der Waals surface area (Å²) in [6.45, 7) is 5.96. The fraction of sp³-hybridized carbons (Fsp3) is 0.368. The van der Waals surface area contributed by atoms with Crippen LogP contribution in [0, 0.1) is 13.8 Å². The highest BCUT2D eigenvalue weighted by atomic mass is 15.2. The molecule has 0 aliphatic heterocycles. The lowest BCUT2D eigenvalue weighted by Gasteiger charge is -2.25. The number of nitrogens with zero attached hydrogens (tertiary/aromatic N) is 1. The molecule has 2 aromatic rings. The van der Waals surface area contributed by atoms with Gasteiger partial charge in [0.1, 0.15) is 0 Å². The number of aryl methyl sites for hydroxylation is 2. The lowest BCUT2D eigenvalue weighted by Crippen LogP contribution is -2.25. The quantitative estimate of drug-likeness (QED) is 0.899. The van der Waals surface area contributed by atoms with Crippen LogP contribution in [0.4, 0.5) is 5.69 Å². The van der Waals surface area contributed by atoms with Gasteiger partial charge in [0.25, 0.3) is 0 Å². The summed E-state index contributed by atoms with van der Waals surface area (Å²) in [4.78, 5) is 2.54. The standard InChI is InChI=1S/C19H24N2/c1-14-9-15(2)11-17(10-14)13-21(19-7-8-19)18-5-3-16(12-20)4-6-18/h3-6,9-11,19H,7-8,12-13,20H2,1-2H3. The highest BCUT2D eigenvalue weighted by Crippen LogP contribution is 2.33. The van der Waals surface area contributed by atoms with Crippen molar-refractivity contribution in [2.75, 3.05) is 4.90 Å². The van der Waals surface area contributed by atoms with E-state index in [1.54, 1.807) is 0 Å². The van der Waals surface area contributed by atoms with Gasteiger partial charge in [-0.15, -0.1) is 0 Å². The van der Waals surface area contributed by atoms with Crippen molar-refractivity contribution in [2.45, 2.75) is 45.8 Å². The van der Waals surface area contributed by atoms with Crippen LogP contribution in [0.3, 0.4) is 0 Å². The fourth-order valence-electron chi connectivity index (χ4n) is 3.00. The Morgan fingerprint density at radius 1 is 0.952 bits per heavy atom. The van der Waals surface area contributed by atoms with Crippen LogP contribution in [-0.4, -0.2) is 6.04 Å². The van der Waals surface area contributed by atoms with E-state index in [9.17, 15) is 0 Å². The van der Waals surface area contributed by atoms with E-state index in [1.165, 1.54) is 40.8 Å². The summed E-state index contributed by atoms with van der Waals surface area (Å²) >= 11 is 0. The third-order valence-corrected chi connectivity index (χ3v) is 4.13. The molecule has 2 aromatic carbocycles. The molecule has 0 bridgehead atoms. The van der Waals surface area contributed by atoms with E-state index in [1.807, 2.05) is 0 Å². The Hall–Kier alpha value is -1.80. The topological polar surface area (TPSA) is 29.3 Å². The van der Waals surface area contributed by atoms with Gasteiger partial charge in [-0.2, -0.15) is 0 Å². The zero-order chi connectivity index (χ0) is 14.8. The molecule has 110 valence electrons. The summed E-state index contributed by atoms with van der Waals surface area (Å²) in [5.41, 5.74) is 12.3. The van der Waals surface area contributed by atoms with Crippen LogP contribution in [0.5, 0.6) is 0 Å². The van der Waals surface area contributed by atoms with Gasteiger partial charge in [0, 0.05) is 24.8 Å². The SMILES string of the molecule is Cc1cc(C)cc(CN(c2ccc(CN)cc2)C2CC2)c1. The van der Waals surface area contributed by atoms with Crippen molar-refractivity contribution in [1.82, 2.24) is 0 Å². The average molecular weight is 280 g/mol. The zero-order valence-electron chi connectivity index (χ0n) is 13.0. The monoisotopic (exact) mass is 280 g/mol. The van der Waals surface area contributed by atoms with E-state index in [4.69, 9.17) is 5.73 Å². The van der Waals surface area contributed by atoms with Gasteiger partial charge in [0.15, 0.2) is 0 Å². The van der Waals surface area contributed by atoms with Gasteiger partial charge in [-0.3, -0.25) is 0 Å². The van der Waals surface area contributed by atoms with E-state index in [2.05, 4.69) is 61.2 Å². The maximum absolute atomic E-state index is 5.69. The van der Waals surface area contributed by atoms with Gasteiger partial charge in [-0.05, 0) is 49.9 Å². The van der Waals surface area contributed by atoms with Crippen molar-refractivity contribution in [1.29, 1.82) is 0 Å². The molecule has 21 heavy (non-hydrogen) atoms. The summed E-state index contributed by atoms with van der Waals surface area (Å²) in [5.74, 6) is 0. The summed E-state index contributed by atoms with van der Waals surface area (Å²) in [6.07, 6.45) is 2.62. The molecule has 1 aliphatic rings. The van der Waals surface area contributed by atoms with Crippen LogP contribution in [0.15, 0.2) is 42.5 Å². The lowest BCUT2D eigenvalue weighted by atomic mass is 10.1. The molecule has 1 aliphatic carbocycles. The average Bonchev–Trinajstić information content (AvgIpc) is 3.28. The molecule has 0 spiro atoms. The Bertz CT molecular complexity index is 592. The normalized spacial score (nSPS) is 14.2.